The molecule has 0 aromatic heterocycles. The van der Waals surface area contributed by atoms with Crippen LogP contribution in [0.1, 0.15) is 38.3 Å². The molecule has 1 saturated heterocycles. The highest BCUT2D eigenvalue weighted by Crippen LogP contribution is 2.33. The highest BCUT2D eigenvalue weighted by atomic mass is 35.5. The van der Waals surface area contributed by atoms with E-state index in [-0.39, 0.29) is 49.6 Å². The molecule has 0 amide bonds. The number of hydrogen-bond acceptors (Lipinski definition) is 5. The number of fused-ring (bicyclic) bond motifs is 1. The number of carbonyl (C=O) groups is 1. The lowest BCUT2D eigenvalue weighted by Crippen LogP contribution is -2.31. The van der Waals surface area contributed by atoms with Crippen molar-refractivity contribution in [3.63, 3.8) is 0 Å². The molecular weight excluding hydrogens is 546 g/mol. The number of likely N-dealkylation sites (tertiary alicyclic amines) is 1. The average Bonchev–Trinajstić information content (AvgIpc) is 3.24. The third-order valence-electron chi connectivity index (χ3n) is 6.18. The summed E-state index contributed by atoms with van der Waals surface area (Å²) in [5.74, 6) is 0.690. The van der Waals surface area contributed by atoms with Crippen molar-refractivity contribution in [2.24, 2.45) is 5.92 Å². The molecule has 2 aromatic rings. The number of ether oxygens (including phenoxy) is 3. The minimum atomic E-state index is -4.48. The molecule has 0 saturated carbocycles. The lowest BCUT2D eigenvalue weighted by atomic mass is 10.1. The Bertz CT molecular complexity index is 1140. The molecule has 2 heterocycles. The monoisotopic (exact) mass is 577 g/mol. The average molecular weight is 578 g/mol. The zero-order valence-corrected chi connectivity index (χ0v) is 21.7. The van der Waals surface area contributed by atoms with E-state index < -0.39 is 18.2 Å². The Labute approximate surface area is 231 Å². The molecular formula is C27H32Cl2F3NO5. The van der Waals surface area contributed by atoms with E-state index >= 15 is 0 Å². The molecule has 1 fully saturated rings. The molecule has 2 aliphatic heterocycles. The van der Waals surface area contributed by atoms with E-state index in [0.29, 0.717) is 23.7 Å². The van der Waals surface area contributed by atoms with E-state index in [4.69, 9.17) is 30.9 Å². The van der Waals surface area contributed by atoms with Crippen molar-refractivity contribution in [2.75, 3.05) is 26.2 Å². The summed E-state index contributed by atoms with van der Waals surface area (Å²) in [5, 5.41) is 9.06. The van der Waals surface area contributed by atoms with Gasteiger partial charge < -0.3 is 19.3 Å². The lowest BCUT2D eigenvalue weighted by molar-refractivity contribution is -0.189. The number of halogens is 5. The van der Waals surface area contributed by atoms with Gasteiger partial charge in [-0.3, -0.25) is 9.69 Å². The number of alkyl halides is 3. The Kier molecular flexibility index (Phi) is 11.2. The van der Waals surface area contributed by atoms with Crippen LogP contribution in [0.25, 0.3) is 6.08 Å². The predicted molar refractivity (Wildman–Crippen MR) is 143 cm³/mol. The Morgan fingerprint density at radius 2 is 2.03 bits per heavy atom. The van der Waals surface area contributed by atoms with Gasteiger partial charge in [-0.05, 0) is 67.3 Å². The number of carboxylic acid groups (broad SMARTS) is 1. The van der Waals surface area contributed by atoms with Crippen LogP contribution in [-0.4, -0.2) is 54.5 Å². The van der Waals surface area contributed by atoms with Crippen molar-refractivity contribution < 1.29 is 37.3 Å². The van der Waals surface area contributed by atoms with Crippen molar-refractivity contribution in [3.05, 3.63) is 58.1 Å². The molecule has 2 aliphatic rings. The molecule has 0 radical (unpaired) electrons. The summed E-state index contributed by atoms with van der Waals surface area (Å²) in [7, 11) is 0. The van der Waals surface area contributed by atoms with Gasteiger partial charge >= 0.3 is 12.1 Å². The SMILES string of the molecule is C.C[C@H](Oc1ccc(COc2ccc3c(c2)OCC(CN2CCC(CC(=O)O)C2)=C3)cc1Cl)C(F)(F)F.Cl. The highest BCUT2D eigenvalue weighted by molar-refractivity contribution is 6.32. The predicted octanol–water partition coefficient (Wildman–Crippen LogP) is 6.88. The van der Waals surface area contributed by atoms with E-state index in [2.05, 4.69) is 11.0 Å². The first-order valence-electron chi connectivity index (χ1n) is 11.6. The van der Waals surface area contributed by atoms with Crippen molar-refractivity contribution >= 4 is 36.1 Å². The third kappa shape index (κ3) is 8.44. The van der Waals surface area contributed by atoms with Crippen molar-refractivity contribution in [2.45, 2.75) is 46.1 Å². The number of hydrogen-bond donors (Lipinski definition) is 1. The number of aliphatic carboxylic acids is 1. The highest BCUT2D eigenvalue weighted by Gasteiger charge is 2.38. The van der Waals surface area contributed by atoms with Crippen LogP contribution in [0.4, 0.5) is 13.2 Å². The Hall–Kier alpha value is -2.62. The molecule has 0 aliphatic carbocycles. The summed E-state index contributed by atoms with van der Waals surface area (Å²) in [6, 6.07) is 10.0. The summed E-state index contributed by atoms with van der Waals surface area (Å²) in [6.07, 6.45) is -3.25. The topological polar surface area (TPSA) is 68.2 Å². The van der Waals surface area contributed by atoms with Crippen LogP contribution >= 0.6 is 24.0 Å². The zero-order valence-electron chi connectivity index (χ0n) is 20.1. The van der Waals surface area contributed by atoms with Gasteiger partial charge in [0.1, 0.15) is 30.5 Å². The normalized spacial score (nSPS) is 17.7. The standard InChI is InChI=1S/C26H27ClF3NO5.CH4.ClH/c1-16(26(28,29)30)36-23-5-2-18(9-22(23)27)14-34-21-4-3-20-8-19(15-35-24(20)11-21)13-31-7-6-17(12-31)10-25(32)33;;/h2-5,8-9,11,16-17H,6-7,10,12-15H2,1H3,(H,32,33);1H4;1H/t16-,17?;;/m0../s1. The minimum absolute atomic E-state index is 0. The lowest BCUT2D eigenvalue weighted by Gasteiger charge is -2.23. The molecule has 0 spiro atoms. The molecule has 210 valence electrons. The first-order chi connectivity index (χ1) is 17.1. The van der Waals surface area contributed by atoms with Crippen LogP contribution in [0.15, 0.2) is 42.0 Å². The van der Waals surface area contributed by atoms with Crippen LogP contribution in [0.3, 0.4) is 0 Å². The fourth-order valence-electron chi connectivity index (χ4n) is 4.28. The first kappa shape index (κ1) is 31.6. The first-order valence-corrected chi connectivity index (χ1v) is 12.0. The van der Waals surface area contributed by atoms with E-state index in [9.17, 15) is 18.0 Å². The van der Waals surface area contributed by atoms with Gasteiger partial charge in [-0.15, -0.1) is 12.4 Å². The maximum atomic E-state index is 12.7. The second-order valence-corrected chi connectivity index (χ2v) is 9.54. The fraction of sp³-hybridized carbons (Fsp3) is 0.444. The Morgan fingerprint density at radius 1 is 1.26 bits per heavy atom. The fourth-order valence-corrected chi connectivity index (χ4v) is 4.53. The second-order valence-electron chi connectivity index (χ2n) is 9.13. The van der Waals surface area contributed by atoms with Crippen LogP contribution in [0.5, 0.6) is 17.2 Å². The van der Waals surface area contributed by atoms with Crippen molar-refractivity contribution in [1.29, 1.82) is 0 Å². The molecule has 2 aromatic carbocycles. The van der Waals surface area contributed by atoms with Gasteiger partial charge in [0, 0.05) is 31.1 Å². The van der Waals surface area contributed by atoms with E-state index in [1.807, 2.05) is 12.1 Å². The molecule has 2 atom stereocenters. The maximum Gasteiger partial charge on any atom is 0.425 e. The molecule has 11 heteroatoms. The minimum Gasteiger partial charge on any atom is -0.489 e. The van der Waals surface area contributed by atoms with Crippen LogP contribution in [-0.2, 0) is 11.4 Å². The number of carboxylic acids is 1. The quantitative estimate of drug-likeness (QED) is 0.350. The molecule has 4 rings (SSSR count). The van der Waals surface area contributed by atoms with Crippen LogP contribution in [0.2, 0.25) is 5.02 Å². The van der Waals surface area contributed by atoms with Gasteiger partial charge in [0.05, 0.1) is 5.02 Å². The summed E-state index contributed by atoms with van der Waals surface area (Å²) >= 11 is 6.10. The Balaban J connectivity index is 0.00000253. The zero-order chi connectivity index (χ0) is 25.9. The van der Waals surface area contributed by atoms with Crippen molar-refractivity contribution in [3.8, 4) is 17.2 Å². The molecule has 1 N–H and O–H groups in total. The number of benzene rings is 2. The second kappa shape index (κ2) is 13.4. The summed E-state index contributed by atoms with van der Waals surface area (Å²) in [5.41, 5.74) is 2.75. The van der Waals surface area contributed by atoms with E-state index in [0.717, 1.165) is 44.1 Å². The van der Waals surface area contributed by atoms with Crippen LogP contribution in [0, 0.1) is 5.92 Å². The molecule has 0 bridgehead atoms. The van der Waals surface area contributed by atoms with Gasteiger partial charge in [-0.2, -0.15) is 13.2 Å². The summed E-state index contributed by atoms with van der Waals surface area (Å²) in [6.45, 7) is 3.95. The molecule has 38 heavy (non-hydrogen) atoms. The number of rotatable bonds is 9. The Morgan fingerprint density at radius 3 is 2.71 bits per heavy atom. The molecule has 1 unspecified atom stereocenters. The number of nitrogens with zero attached hydrogens (tertiary/aromatic N) is 1. The van der Waals surface area contributed by atoms with Gasteiger partial charge in [-0.25, -0.2) is 0 Å². The summed E-state index contributed by atoms with van der Waals surface area (Å²) < 4.78 is 54.8. The van der Waals surface area contributed by atoms with Crippen molar-refractivity contribution in [1.82, 2.24) is 4.90 Å². The maximum absolute atomic E-state index is 12.7. The van der Waals surface area contributed by atoms with Gasteiger partial charge in [0.15, 0.2) is 6.10 Å². The third-order valence-corrected chi connectivity index (χ3v) is 6.48. The van der Waals surface area contributed by atoms with Crippen LogP contribution < -0.4 is 14.2 Å². The largest absolute Gasteiger partial charge is 0.489 e. The van der Waals surface area contributed by atoms with E-state index in [1.165, 1.54) is 12.1 Å². The van der Waals surface area contributed by atoms with E-state index in [1.54, 1.807) is 12.1 Å². The smallest absolute Gasteiger partial charge is 0.425 e. The van der Waals surface area contributed by atoms with Gasteiger partial charge in [0.2, 0.25) is 0 Å². The molecule has 6 nitrogen and oxygen atoms in total. The van der Waals surface area contributed by atoms with Gasteiger partial charge in [0.25, 0.3) is 0 Å². The van der Waals surface area contributed by atoms with Gasteiger partial charge in [-0.1, -0.05) is 25.1 Å². The summed E-state index contributed by atoms with van der Waals surface area (Å²) in [4.78, 5) is 13.2.